The van der Waals surface area contributed by atoms with Gasteiger partial charge in [-0.15, -0.1) is 0 Å². The summed E-state index contributed by atoms with van der Waals surface area (Å²) in [5.41, 5.74) is 1.93. The number of nitrogens with zero attached hydrogens (tertiary/aromatic N) is 3. The molecule has 4 rings (SSSR count). The van der Waals surface area contributed by atoms with Gasteiger partial charge in [-0.25, -0.2) is 0 Å². The summed E-state index contributed by atoms with van der Waals surface area (Å²) < 4.78 is 0. The summed E-state index contributed by atoms with van der Waals surface area (Å²) in [4.78, 5) is 32.7. The van der Waals surface area contributed by atoms with E-state index in [-0.39, 0.29) is 29.1 Å². The number of carbonyl (C=O) groups excluding carboxylic acids is 2. The molecular formula is C24H29N5O2. The highest BCUT2D eigenvalue weighted by Crippen LogP contribution is 2.33. The third kappa shape index (κ3) is 4.49. The predicted molar refractivity (Wildman–Crippen MR) is 117 cm³/mol. The lowest BCUT2D eigenvalue weighted by Gasteiger charge is -2.26. The first-order valence-electron chi connectivity index (χ1n) is 10.8. The van der Waals surface area contributed by atoms with Gasteiger partial charge in [0.05, 0.1) is 11.5 Å². The van der Waals surface area contributed by atoms with Crippen LogP contribution in [-0.2, 0) is 4.79 Å². The van der Waals surface area contributed by atoms with E-state index in [0.717, 1.165) is 19.5 Å². The highest BCUT2D eigenvalue weighted by Gasteiger charge is 2.40. The SMILES string of the molecule is CN1C[C@H](C(=O)NCC2(C)CCN(C(=O)c3cc(C#N)c[nH]3)C2)[C@@H](c2ccccc2)C1. The summed E-state index contributed by atoms with van der Waals surface area (Å²) >= 11 is 0. The quantitative estimate of drug-likeness (QED) is 0.777. The van der Waals surface area contributed by atoms with Crippen molar-refractivity contribution in [3.05, 3.63) is 59.4 Å². The topological polar surface area (TPSA) is 92.2 Å². The van der Waals surface area contributed by atoms with E-state index >= 15 is 0 Å². The first kappa shape index (κ1) is 21.1. The third-order valence-corrected chi connectivity index (χ3v) is 6.64. The lowest BCUT2D eigenvalue weighted by Crippen LogP contribution is -2.42. The number of hydrogen-bond acceptors (Lipinski definition) is 4. The molecule has 3 atom stereocenters. The van der Waals surface area contributed by atoms with Gasteiger partial charge in [0.2, 0.25) is 5.91 Å². The molecule has 0 radical (unpaired) electrons. The zero-order chi connectivity index (χ0) is 22.0. The molecule has 0 saturated carbocycles. The molecule has 7 nitrogen and oxygen atoms in total. The Bertz CT molecular complexity index is 995. The molecule has 2 fully saturated rings. The van der Waals surface area contributed by atoms with Crippen molar-refractivity contribution in [1.82, 2.24) is 20.1 Å². The van der Waals surface area contributed by atoms with Crippen LogP contribution < -0.4 is 5.32 Å². The number of H-pyrrole nitrogens is 1. The number of likely N-dealkylation sites (N-methyl/N-ethyl adjacent to an activating group) is 1. The summed E-state index contributed by atoms with van der Waals surface area (Å²) in [6, 6.07) is 13.9. The van der Waals surface area contributed by atoms with E-state index in [1.807, 2.05) is 24.3 Å². The number of likely N-dealkylation sites (tertiary alicyclic amines) is 2. The number of hydrogen-bond donors (Lipinski definition) is 2. The van der Waals surface area contributed by atoms with Crippen LogP contribution in [0.2, 0.25) is 0 Å². The molecule has 1 aromatic carbocycles. The minimum absolute atomic E-state index is 0.0709. The third-order valence-electron chi connectivity index (χ3n) is 6.64. The molecule has 2 N–H and O–H groups in total. The van der Waals surface area contributed by atoms with Crippen molar-refractivity contribution < 1.29 is 9.59 Å². The Morgan fingerprint density at radius 3 is 2.77 bits per heavy atom. The van der Waals surface area contributed by atoms with Gasteiger partial charge < -0.3 is 20.1 Å². The molecule has 2 aromatic rings. The van der Waals surface area contributed by atoms with Gasteiger partial charge in [-0.1, -0.05) is 37.3 Å². The van der Waals surface area contributed by atoms with Gasteiger partial charge in [0, 0.05) is 50.3 Å². The van der Waals surface area contributed by atoms with Crippen LogP contribution in [0.25, 0.3) is 0 Å². The van der Waals surface area contributed by atoms with Gasteiger partial charge in [-0.3, -0.25) is 9.59 Å². The van der Waals surface area contributed by atoms with Crippen molar-refractivity contribution in [3.8, 4) is 6.07 Å². The Labute approximate surface area is 183 Å². The van der Waals surface area contributed by atoms with Gasteiger partial charge in [0.25, 0.3) is 5.91 Å². The van der Waals surface area contributed by atoms with Gasteiger partial charge in [-0.05, 0) is 25.1 Å². The molecule has 0 bridgehead atoms. The number of carbonyl (C=O) groups is 2. The Morgan fingerprint density at radius 1 is 1.29 bits per heavy atom. The van der Waals surface area contributed by atoms with E-state index < -0.39 is 0 Å². The fourth-order valence-electron chi connectivity index (χ4n) is 4.83. The van der Waals surface area contributed by atoms with Crippen LogP contribution in [0.5, 0.6) is 0 Å². The van der Waals surface area contributed by atoms with Gasteiger partial charge in [0.15, 0.2) is 0 Å². The number of nitriles is 1. The molecule has 2 aliphatic heterocycles. The van der Waals surface area contributed by atoms with Gasteiger partial charge in [0.1, 0.15) is 11.8 Å². The maximum absolute atomic E-state index is 13.1. The summed E-state index contributed by atoms with van der Waals surface area (Å²) in [6.07, 6.45) is 2.38. The molecule has 162 valence electrons. The average Bonchev–Trinajstić information content (AvgIpc) is 3.51. The van der Waals surface area contributed by atoms with E-state index in [0.29, 0.717) is 30.9 Å². The lowest BCUT2D eigenvalue weighted by molar-refractivity contribution is -0.125. The van der Waals surface area contributed by atoms with Gasteiger partial charge in [-0.2, -0.15) is 5.26 Å². The Balaban J connectivity index is 1.35. The monoisotopic (exact) mass is 419 g/mol. The van der Waals surface area contributed by atoms with Crippen molar-refractivity contribution in [2.45, 2.75) is 19.3 Å². The number of rotatable bonds is 5. The fraction of sp³-hybridized carbons (Fsp3) is 0.458. The van der Waals surface area contributed by atoms with Crippen LogP contribution in [0.1, 0.15) is 40.9 Å². The van der Waals surface area contributed by atoms with E-state index in [9.17, 15) is 9.59 Å². The summed E-state index contributed by atoms with van der Waals surface area (Å²) in [7, 11) is 2.06. The second-order valence-corrected chi connectivity index (χ2v) is 9.26. The van der Waals surface area contributed by atoms with E-state index in [1.54, 1.807) is 17.2 Å². The number of nitrogens with one attached hydrogen (secondary N) is 2. The molecule has 1 unspecified atom stereocenters. The Kier molecular flexibility index (Phi) is 5.84. The molecule has 0 aliphatic carbocycles. The zero-order valence-electron chi connectivity index (χ0n) is 18.1. The van der Waals surface area contributed by atoms with Crippen LogP contribution in [0.15, 0.2) is 42.6 Å². The summed E-state index contributed by atoms with van der Waals surface area (Å²) in [5.74, 6) is 0.117. The average molecular weight is 420 g/mol. The molecule has 1 aromatic heterocycles. The first-order chi connectivity index (χ1) is 14.9. The zero-order valence-corrected chi connectivity index (χ0v) is 18.1. The van der Waals surface area contributed by atoms with Crippen molar-refractivity contribution in [3.63, 3.8) is 0 Å². The Hall–Kier alpha value is -3.11. The van der Waals surface area contributed by atoms with Crippen molar-refractivity contribution in [2.24, 2.45) is 11.3 Å². The lowest BCUT2D eigenvalue weighted by atomic mass is 9.87. The molecule has 3 heterocycles. The smallest absolute Gasteiger partial charge is 0.270 e. The van der Waals surface area contributed by atoms with Crippen molar-refractivity contribution >= 4 is 11.8 Å². The van der Waals surface area contributed by atoms with Crippen molar-refractivity contribution in [2.75, 3.05) is 39.8 Å². The second-order valence-electron chi connectivity index (χ2n) is 9.26. The van der Waals surface area contributed by atoms with Gasteiger partial charge >= 0.3 is 0 Å². The summed E-state index contributed by atoms with van der Waals surface area (Å²) in [6.45, 7) is 5.52. The minimum atomic E-state index is -0.164. The number of amides is 2. The molecule has 7 heteroatoms. The maximum Gasteiger partial charge on any atom is 0.270 e. The van der Waals surface area contributed by atoms with Crippen LogP contribution in [-0.4, -0.2) is 66.4 Å². The van der Waals surface area contributed by atoms with Crippen LogP contribution in [0, 0.1) is 22.7 Å². The first-order valence-corrected chi connectivity index (χ1v) is 10.8. The fourth-order valence-corrected chi connectivity index (χ4v) is 4.83. The predicted octanol–water partition coefficient (Wildman–Crippen LogP) is 2.20. The van der Waals surface area contributed by atoms with Crippen molar-refractivity contribution in [1.29, 1.82) is 5.26 Å². The van der Waals surface area contributed by atoms with E-state index in [4.69, 9.17) is 5.26 Å². The maximum atomic E-state index is 13.1. The molecule has 2 aliphatic rings. The standard InChI is InChI=1S/C24H29N5O2/c1-24(8-9-29(16-24)23(31)21-10-17(11-25)12-26-21)15-27-22(30)20-14-28(2)13-19(20)18-6-4-3-5-7-18/h3-7,10,12,19-20,26H,8-9,13-16H2,1-2H3,(H,27,30)/t19-,20+,24?/m1/s1. The molecule has 0 spiro atoms. The number of benzene rings is 1. The Morgan fingerprint density at radius 2 is 2.06 bits per heavy atom. The van der Waals surface area contributed by atoms with E-state index in [1.165, 1.54) is 5.56 Å². The molecular weight excluding hydrogens is 390 g/mol. The largest absolute Gasteiger partial charge is 0.356 e. The number of aromatic nitrogens is 1. The van der Waals surface area contributed by atoms with Crippen LogP contribution in [0.4, 0.5) is 0 Å². The van der Waals surface area contributed by atoms with E-state index in [2.05, 4.69) is 41.3 Å². The van der Waals surface area contributed by atoms with Crippen LogP contribution >= 0.6 is 0 Å². The van der Waals surface area contributed by atoms with Crippen LogP contribution in [0.3, 0.4) is 0 Å². The highest BCUT2D eigenvalue weighted by atomic mass is 16.2. The molecule has 2 amide bonds. The highest BCUT2D eigenvalue weighted by molar-refractivity contribution is 5.93. The normalized spacial score (nSPS) is 26.0. The minimum Gasteiger partial charge on any atom is -0.356 e. The second kappa shape index (κ2) is 8.56. The summed E-state index contributed by atoms with van der Waals surface area (Å²) in [5, 5.41) is 12.1. The number of aromatic amines is 1. The molecule has 31 heavy (non-hydrogen) atoms. The molecule has 2 saturated heterocycles.